The lowest BCUT2D eigenvalue weighted by atomic mass is 9.87. The number of fused-ring (bicyclic) bond motifs is 2. The van der Waals surface area contributed by atoms with Gasteiger partial charge in [-0.1, -0.05) is 31.2 Å². The van der Waals surface area contributed by atoms with Crippen molar-refractivity contribution < 1.29 is 9.59 Å². The van der Waals surface area contributed by atoms with Crippen LogP contribution in [0.5, 0.6) is 0 Å². The first-order valence-electron chi connectivity index (χ1n) is 6.33. The first-order valence-corrected chi connectivity index (χ1v) is 7.92. The molecule has 0 N–H and O–H groups in total. The SMILES string of the molecule is CCCn1c(Br)c2c(c1Br)C(=O)c1ccccc1C2=O. The van der Waals surface area contributed by atoms with Crippen LogP contribution in [0.25, 0.3) is 0 Å². The molecule has 20 heavy (non-hydrogen) atoms. The Morgan fingerprint density at radius 3 is 1.80 bits per heavy atom. The summed E-state index contributed by atoms with van der Waals surface area (Å²) < 4.78 is 3.27. The number of carbonyl (C=O) groups is 2. The van der Waals surface area contributed by atoms with E-state index in [1.165, 1.54) is 0 Å². The maximum atomic E-state index is 12.6. The van der Waals surface area contributed by atoms with Crippen LogP contribution < -0.4 is 0 Å². The Labute approximate surface area is 133 Å². The smallest absolute Gasteiger partial charge is 0.197 e. The zero-order chi connectivity index (χ0) is 14.4. The molecule has 1 aliphatic rings. The van der Waals surface area contributed by atoms with Gasteiger partial charge in [0.05, 0.1) is 20.3 Å². The van der Waals surface area contributed by atoms with Gasteiger partial charge in [0.2, 0.25) is 0 Å². The maximum Gasteiger partial charge on any atom is 0.197 e. The lowest BCUT2D eigenvalue weighted by molar-refractivity contribution is 0.0979. The molecule has 5 heteroatoms. The van der Waals surface area contributed by atoms with Gasteiger partial charge >= 0.3 is 0 Å². The van der Waals surface area contributed by atoms with Crippen LogP contribution in [0.3, 0.4) is 0 Å². The first kappa shape index (κ1) is 13.8. The average molecular weight is 397 g/mol. The predicted octanol–water partition coefficient (Wildman–Crippen LogP) is 4.20. The Morgan fingerprint density at radius 2 is 1.40 bits per heavy atom. The van der Waals surface area contributed by atoms with E-state index in [0.29, 0.717) is 31.5 Å². The van der Waals surface area contributed by atoms with Crippen LogP contribution >= 0.6 is 31.9 Å². The molecule has 1 aliphatic carbocycles. The lowest BCUT2D eigenvalue weighted by Gasteiger charge is -2.14. The Bertz CT molecular complexity index is 688. The van der Waals surface area contributed by atoms with Gasteiger partial charge in [0.1, 0.15) is 0 Å². The monoisotopic (exact) mass is 395 g/mol. The third-order valence-electron chi connectivity index (χ3n) is 3.45. The van der Waals surface area contributed by atoms with Crippen LogP contribution in [0.1, 0.15) is 45.2 Å². The van der Waals surface area contributed by atoms with Crippen LogP contribution in [-0.2, 0) is 6.54 Å². The molecule has 102 valence electrons. The molecule has 1 aromatic carbocycles. The van der Waals surface area contributed by atoms with Crippen LogP contribution in [0, 0.1) is 0 Å². The lowest BCUT2D eigenvalue weighted by Crippen LogP contribution is -2.19. The number of rotatable bonds is 2. The molecular formula is C15H11Br2NO2. The third kappa shape index (κ3) is 1.76. The van der Waals surface area contributed by atoms with E-state index in [1.54, 1.807) is 24.3 Å². The van der Waals surface area contributed by atoms with E-state index < -0.39 is 0 Å². The largest absolute Gasteiger partial charge is 0.329 e. The second-order valence-corrected chi connectivity index (χ2v) is 6.19. The molecule has 1 aromatic heterocycles. The van der Waals surface area contributed by atoms with E-state index in [9.17, 15) is 9.59 Å². The quantitative estimate of drug-likeness (QED) is 0.651. The Hall–Kier alpha value is -1.20. The van der Waals surface area contributed by atoms with Gasteiger partial charge in [-0.25, -0.2) is 0 Å². The van der Waals surface area contributed by atoms with Gasteiger partial charge in [0.15, 0.2) is 11.6 Å². The van der Waals surface area contributed by atoms with Gasteiger partial charge in [-0.15, -0.1) is 0 Å². The first-order chi connectivity index (χ1) is 9.57. The molecule has 3 rings (SSSR count). The molecule has 0 fully saturated rings. The zero-order valence-electron chi connectivity index (χ0n) is 10.7. The highest BCUT2D eigenvalue weighted by atomic mass is 79.9. The van der Waals surface area contributed by atoms with Crippen molar-refractivity contribution in [2.24, 2.45) is 0 Å². The Balaban J connectivity index is 2.31. The van der Waals surface area contributed by atoms with E-state index in [4.69, 9.17) is 0 Å². The van der Waals surface area contributed by atoms with Crippen molar-refractivity contribution in [2.45, 2.75) is 19.9 Å². The standard InChI is InChI=1S/C15H11Br2NO2/c1-2-7-18-14(16)10-11(15(18)17)13(20)9-6-4-3-5-8(9)12(10)19/h3-6H,2,7H2,1H3. The summed E-state index contributed by atoms with van der Waals surface area (Å²) in [5, 5.41) is 0. The molecular weight excluding hydrogens is 386 g/mol. The Morgan fingerprint density at radius 1 is 0.950 bits per heavy atom. The van der Waals surface area contributed by atoms with Crippen LogP contribution in [-0.4, -0.2) is 16.1 Å². The van der Waals surface area contributed by atoms with E-state index in [1.807, 2.05) is 4.57 Å². The minimum Gasteiger partial charge on any atom is -0.329 e. The van der Waals surface area contributed by atoms with Crippen molar-refractivity contribution in [3.05, 3.63) is 55.7 Å². The predicted molar refractivity (Wildman–Crippen MR) is 83.4 cm³/mol. The molecule has 0 radical (unpaired) electrons. The van der Waals surface area contributed by atoms with Crippen LogP contribution in [0.15, 0.2) is 33.5 Å². The number of benzene rings is 1. The molecule has 0 amide bonds. The van der Waals surface area contributed by atoms with Gasteiger partial charge in [-0.2, -0.15) is 0 Å². The number of nitrogens with zero attached hydrogens (tertiary/aromatic N) is 1. The third-order valence-corrected chi connectivity index (χ3v) is 5.10. The van der Waals surface area contributed by atoms with Crippen molar-refractivity contribution in [1.29, 1.82) is 0 Å². The van der Waals surface area contributed by atoms with Crippen molar-refractivity contribution in [1.82, 2.24) is 4.57 Å². The van der Waals surface area contributed by atoms with E-state index in [-0.39, 0.29) is 11.6 Å². The minimum absolute atomic E-state index is 0.0994. The highest BCUT2D eigenvalue weighted by molar-refractivity contribution is 9.11. The van der Waals surface area contributed by atoms with Crippen LogP contribution in [0.2, 0.25) is 0 Å². The summed E-state index contributed by atoms with van der Waals surface area (Å²) in [6.45, 7) is 2.79. The van der Waals surface area contributed by atoms with E-state index in [0.717, 1.165) is 13.0 Å². The van der Waals surface area contributed by atoms with Gasteiger partial charge < -0.3 is 4.57 Å². The average Bonchev–Trinajstić information content (AvgIpc) is 2.70. The number of ketones is 2. The number of hydrogen-bond donors (Lipinski definition) is 0. The summed E-state index contributed by atoms with van der Waals surface area (Å²) in [7, 11) is 0. The highest BCUT2D eigenvalue weighted by Crippen LogP contribution is 2.38. The van der Waals surface area contributed by atoms with Crippen molar-refractivity contribution >= 4 is 43.4 Å². The van der Waals surface area contributed by atoms with Gasteiger partial charge in [-0.3, -0.25) is 9.59 Å². The fourth-order valence-corrected chi connectivity index (χ4v) is 4.25. The van der Waals surface area contributed by atoms with Crippen molar-refractivity contribution in [3.8, 4) is 0 Å². The van der Waals surface area contributed by atoms with Gasteiger partial charge in [-0.05, 0) is 38.3 Å². The van der Waals surface area contributed by atoms with Crippen molar-refractivity contribution in [3.63, 3.8) is 0 Å². The second kappa shape index (κ2) is 4.97. The summed E-state index contributed by atoms with van der Waals surface area (Å²) in [4.78, 5) is 25.3. The number of aromatic nitrogens is 1. The zero-order valence-corrected chi connectivity index (χ0v) is 13.9. The molecule has 0 saturated heterocycles. The normalized spacial score (nSPS) is 13.3. The fraction of sp³-hybridized carbons (Fsp3) is 0.200. The molecule has 0 atom stereocenters. The maximum absolute atomic E-state index is 12.6. The Kier molecular flexibility index (Phi) is 3.42. The highest BCUT2D eigenvalue weighted by Gasteiger charge is 2.36. The molecule has 3 nitrogen and oxygen atoms in total. The molecule has 0 bridgehead atoms. The van der Waals surface area contributed by atoms with E-state index >= 15 is 0 Å². The molecule has 0 unspecified atom stereocenters. The molecule has 0 spiro atoms. The number of hydrogen-bond acceptors (Lipinski definition) is 2. The number of carbonyl (C=O) groups excluding carboxylic acids is 2. The molecule has 1 heterocycles. The molecule has 0 aliphatic heterocycles. The molecule has 2 aromatic rings. The summed E-state index contributed by atoms with van der Waals surface area (Å²) in [5.74, 6) is -0.199. The topological polar surface area (TPSA) is 39.1 Å². The summed E-state index contributed by atoms with van der Waals surface area (Å²) in [6, 6.07) is 6.97. The fourth-order valence-electron chi connectivity index (χ4n) is 2.55. The second-order valence-electron chi connectivity index (χ2n) is 4.69. The number of halogens is 2. The summed E-state index contributed by atoms with van der Waals surface area (Å²) in [6.07, 6.45) is 0.917. The summed E-state index contributed by atoms with van der Waals surface area (Å²) >= 11 is 6.94. The van der Waals surface area contributed by atoms with Crippen molar-refractivity contribution in [2.75, 3.05) is 0 Å². The minimum atomic E-state index is -0.0994. The van der Waals surface area contributed by atoms with Gasteiger partial charge in [0.25, 0.3) is 0 Å². The van der Waals surface area contributed by atoms with Gasteiger partial charge in [0, 0.05) is 17.7 Å². The van der Waals surface area contributed by atoms with Crippen LogP contribution in [0.4, 0.5) is 0 Å². The van der Waals surface area contributed by atoms with E-state index in [2.05, 4.69) is 38.8 Å². The summed E-state index contributed by atoms with van der Waals surface area (Å²) in [5.41, 5.74) is 1.89. The molecule has 0 saturated carbocycles.